The Morgan fingerprint density at radius 3 is 2.33 bits per heavy atom. The number of carbonyl (C=O) groups excluding carboxylic acids is 1. The molecule has 0 N–H and O–H groups in total. The first kappa shape index (κ1) is 20.2. The molecule has 0 unspecified atom stereocenters. The second kappa shape index (κ2) is 9.15. The van der Waals surface area contributed by atoms with Crippen molar-refractivity contribution < 1.29 is 9.53 Å². The van der Waals surface area contributed by atoms with Gasteiger partial charge < -0.3 is 4.74 Å². The van der Waals surface area contributed by atoms with Crippen LogP contribution in [-0.2, 0) is 0 Å². The fourth-order valence-electron chi connectivity index (χ4n) is 2.95. The molecular weight excluding hydrogens is 418 g/mol. The number of ether oxygens (including phenoxy) is 1. The number of nitrogens with zero attached hydrogens (tertiary/aromatic N) is 3. The minimum absolute atomic E-state index is 0.0397. The number of Topliss-reactive ketones (excluding diaryl/α,β-unsaturated/α-hetero) is 1. The Bertz CT molecular complexity index is 1140. The van der Waals surface area contributed by atoms with E-state index >= 15 is 0 Å². The highest BCUT2D eigenvalue weighted by Crippen LogP contribution is 2.30. The maximum absolute atomic E-state index is 12.6. The van der Waals surface area contributed by atoms with Crippen LogP contribution in [-0.4, -0.2) is 33.4 Å². The third-order valence-corrected chi connectivity index (χ3v) is 5.68. The molecule has 0 aliphatic carbocycles. The van der Waals surface area contributed by atoms with Crippen LogP contribution in [0.1, 0.15) is 10.4 Å². The molecule has 0 fully saturated rings. The van der Waals surface area contributed by atoms with E-state index in [2.05, 4.69) is 10.2 Å². The number of halogens is 1. The van der Waals surface area contributed by atoms with E-state index in [0.717, 1.165) is 17.0 Å². The van der Waals surface area contributed by atoms with Crippen LogP contribution in [0.2, 0.25) is 5.02 Å². The summed E-state index contributed by atoms with van der Waals surface area (Å²) in [5, 5.41) is 10.0. The molecule has 150 valence electrons. The van der Waals surface area contributed by atoms with Crippen LogP contribution in [0.3, 0.4) is 0 Å². The molecule has 7 heteroatoms. The van der Waals surface area contributed by atoms with E-state index in [1.807, 2.05) is 83.4 Å². The highest BCUT2D eigenvalue weighted by molar-refractivity contribution is 7.99. The molecule has 0 saturated heterocycles. The summed E-state index contributed by atoms with van der Waals surface area (Å²) in [5.74, 6) is 1.73. The van der Waals surface area contributed by atoms with E-state index in [4.69, 9.17) is 16.3 Å². The number of aromatic nitrogens is 3. The molecule has 0 atom stereocenters. The van der Waals surface area contributed by atoms with Crippen molar-refractivity contribution in [3.8, 4) is 22.8 Å². The number of benzene rings is 3. The second-order valence-corrected chi connectivity index (χ2v) is 7.80. The Balaban J connectivity index is 1.69. The van der Waals surface area contributed by atoms with Crippen molar-refractivity contribution in [2.45, 2.75) is 5.16 Å². The summed E-state index contributed by atoms with van der Waals surface area (Å²) in [6, 6.07) is 24.3. The normalized spacial score (nSPS) is 10.7. The highest BCUT2D eigenvalue weighted by Gasteiger charge is 2.18. The lowest BCUT2D eigenvalue weighted by Gasteiger charge is -2.11. The van der Waals surface area contributed by atoms with Crippen molar-refractivity contribution in [3.63, 3.8) is 0 Å². The summed E-state index contributed by atoms with van der Waals surface area (Å²) >= 11 is 7.39. The predicted molar refractivity (Wildman–Crippen MR) is 120 cm³/mol. The van der Waals surface area contributed by atoms with Gasteiger partial charge in [-0.15, -0.1) is 10.2 Å². The minimum Gasteiger partial charge on any atom is -0.497 e. The Hall–Kier alpha value is -3.09. The van der Waals surface area contributed by atoms with Gasteiger partial charge in [0.05, 0.1) is 12.9 Å². The van der Waals surface area contributed by atoms with Crippen LogP contribution in [0, 0.1) is 0 Å². The summed E-state index contributed by atoms with van der Waals surface area (Å²) in [6.45, 7) is 0. The Kier molecular flexibility index (Phi) is 6.16. The lowest BCUT2D eigenvalue weighted by Crippen LogP contribution is -2.05. The number of rotatable bonds is 7. The topological polar surface area (TPSA) is 57.0 Å². The maximum atomic E-state index is 12.6. The molecule has 0 radical (unpaired) electrons. The van der Waals surface area contributed by atoms with Crippen LogP contribution < -0.4 is 4.74 Å². The van der Waals surface area contributed by atoms with E-state index in [1.165, 1.54) is 11.8 Å². The molecule has 3 aromatic carbocycles. The van der Waals surface area contributed by atoms with Crippen LogP contribution >= 0.6 is 23.4 Å². The first-order chi connectivity index (χ1) is 14.7. The zero-order valence-electron chi connectivity index (χ0n) is 16.2. The van der Waals surface area contributed by atoms with Gasteiger partial charge >= 0.3 is 0 Å². The zero-order valence-corrected chi connectivity index (χ0v) is 17.7. The van der Waals surface area contributed by atoms with Crippen LogP contribution in [0.5, 0.6) is 5.75 Å². The summed E-state index contributed by atoms with van der Waals surface area (Å²) in [4.78, 5) is 12.6. The van der Waals surface area contributed by atoms with Crippen LogP contribution in [0.25, 0.3) is 17.1 Å². The number of hydrogen-bond acceptors (Lipinski definition) is 5. The van der Waals surface area contributed by atoms with Gasteiger partial charge in [0.25, 0.3) is 0 Å². The Morgan fingerprint density at radius 1 is 0.967 bits per heavy atom. The third kappa shape index (κ3) is 4.40. The number of methoxy groups -OCH3 is 1. The number of thioether (sulfide) groups is 1. The van der Waals surface area contributed by atoms with Crippen LogP contribution in [0.4, 0.5) is 0 Å². The molecule has 0 spiro atoms. The lowest BCUT2D eigenvalue weighted by atomic mass is 10.2. The molecule has 0 aliphatic rings. The van der Waals surface area contributed by atoms with Gasteiger partial charge in [-0.1, -0.05) is 53.7 Å². The smallest absolute Gasteiger partial charge is 0.196 e. The van der Waals surface area contributed by atoms with Gasteiger partial charge in [0, 0.05) is 21.8 Å². The van der Waals surface area contributed by atoms with Gasteiger partial charge in [-0.05, 0) is 48.5 Å². The van der Waals surface area contributed by atoms with Crippen molar-refractivity contribution in [2.75, 3.05) is 12.9 Å². The summed E-state index contributed by atoms with van der Waals surface area (Å²) in [6.07, 6.45) is 0. The molecule has 0 aliphatic heterocycles. The molecule has 0 bridgehead atoms. The monoisotopic (exact) mass is 435 g/mol. The van der Waals surface area contributed by atoms with Crippen molar-refractivity contribution in [2.24, 2.45) is 0 Å². The van der Waals surface area contributed by atoms with E-state index in [1.54, 1.807) is 7.11 Å². The van der Waals surface area contributed by atoms with Gasteiger partial charge in [0.15, 0.2) is 16.8 Å². The average molecular weight is 436 g/mol. The Labute approximate surface area is 183 Å². The van der Waals surface area contributed by atoms with Crippen molar-refractivity contribution >= 4 is 29.1 Å². The van der Waals surface area contributed by atoms with Crippen LogP contribution in [0.15, 0.2) is 84.0 Å². The standard InChI is InChI=1S/C23H18ClN3O2S/c1-29-20-13-11-19(12-14-20)27-22(17-7-9-18(24)10-8-17)25-26-23(27)30-15-21(28)16-5-3-2-4-6-16/h2-14H,15H2,1H3. The van der Waals surface area contributed by atoms with Crippen molar-refractivity contribution in [1.82, 2.24) is 14.8 Å². The first-order valence-corrected chi connectivity index (χ1v) is 10.6. The maximum Gasteiger partial charge on any atom is 0.196 e. The fourth-order valence-corrected chi connectivity index (χ4v) is 3.92. The van der Waals surface area contributed by atoms with Crippen molar-refractivity contribution in [3.05, 3.63) is 89.4 Å². The molecule has 1 heterocycles. The molecule has 30 heavy (non-hydrogen) atoms. The quantitative estimate of drug-likeness (QED) is 0.280. The summed E-state index contributed by atoms with van der Waals surface area (Å²) in [5.41, 5.74) is 2.43. The first-order valence-electron chi connectivity index (χ1n) is 9.22. The van der Waals surface area contributed by atoms with Gasteiger partial charge in [0.2, 0.25) is 0 Å². The van der Waals surface area contributed by atoms with E-state index in [9.17, 15) is 4.79 Å². The molecule has 4 aromatic rings. The van der Waals surface area contributed by atoms with Gasteiger partial charge in [-0.2, -0.15) is 0 Å². The molecule has 0 amide bonds. The molecule has 1 aromatic heterocycles. The zero-order chi connectivity index (χ0) is 20.9. The molecule has 4 rings (SSSR count). The lowest BCUT2D eigenvalue weighted by molar-refractivity contribution is 0.102. The summed E-state index contributed by atoms with van der Waals surface area (Å²) < 4.78 is 7.20. The second-order valence-electron chi connectivity index (χ2n) is 6.42. The van der Waals surface area contributed by atoms with E-state index in [0.29, 0.717) is 21.6 Å². The van der Waals surface area contributed by atoms with E-state index < -0.39 is 0 Å². The SMILES string of the molecule is COc1ccc(-n2c(SCC(=O)c3ccccc3)nnc2-c2ccc(Cl)cc2)cc1. The van der Waals surface area contributed by atoms with Gasteiger partial charge in [-0.25, -0.2) is 0 Å². The van der Waals surface area contributed by atoms with E-state index in [-0.39, 0.29) is 11.5 Å². The highest BCUT2D eigenvalue weighted by atomic mass is 35.5. The number of hydrogen-bond donors (Lipinski definition) is 0. The summed E-state index contributed by atoms with van der Waals surface area (Å²) in [7, 11) is 1.63. The number of carbonyl (C=O) groups is 1. The predicted octanol–water partition coefficient (Wildman–Crippen LogP) is 5.57. The third-order valence-electron chi connectivity index (χ3n) is 4.49. The molecule has 5 nitrogen and oxygen atoms in total. The van der Waals surface area contributed by atoms with Gasteiger partial charge in [-0.3, -0.25) is 9.36 Å². The largest absolute Gasteiger partial charge is 0.497 e. The van der Waals surface area contributed by atoms with Gasteiger partial charge in [0.1, 0.15) is 5.75 Å². The van der Waals surface area contributed by atoms with Crippen molar-refractivity contribution in [1.29, 1.82) is 0 Å². The number of ketones is 1. The molecule has 0 saturated carbocycles. The molecular formula is C23H18ClN3O2S. The fraction of sp³-hybridized carbons (Fsp3) is 0.0870. The minimum atomic E-state index is 0.0397. The Morgan fingerprint density at radius 2 is 1.67 bits per heavy atom. The average Bonchev–Trinajstić information content (AvgIpc) is 3.22.